The lowest BCUT2D eigenvalue weighted by Gasteiger charge is -2.20. The van der Waals surface area contributed by atoms with E-state index in [1.807, 2.05) is 16.8 Å². The predicted octanol–water partition coefficient (Wildman–Crippen LogP) is 1.59. The Morgan fingerprint density at radius 2 is 2.08 bits per heavy atom. The Morgan fingerprint density at radius 1 is 1.31 bits per heavy atom. The van der Waals surface area contributed by atoms with Gasteiger partial charge in [0, 0.05) is 45.1 Å². The highest BCUT2D eigenvalue weighted by atomic mass is 32.2. The van der Waals surface area contributed by atoms with Gasteiger partial charge in [-0.25, -0.2) is 9.97 Å². The van der Waals surface area contributed by atoms with Gasteiger partial charge in [0.25, 0.3) is 10.2 Å². The van der Waals surface area contributed by atoms with Crippen LogP contribution in [0.3, 0.4) is 0 Å². The van der Waals surface area contributed by atoms with Crippen molar-refractivity contribution in [2.75, 3.05) is 27.2 Å². The zero-order valence-corrected chi connectivity index (χ0v) is 16.5. The van der Waals surface area contributed by atoms with Crippen LogP contribution in [0.15, 0.2) is 24.7 Å². The van der Waals surface area contributed by atoms with E-state index in [0.717, 1.165) is 29.9 Å². The van der Waals surface area contributed by atoms with Crippen molar-refractivity contribution in [1.82, 2.24) is 28.4 Å². The van der Waals surface area contributed by atoms with Crippen LogP contribution in [-0.2, 0) is 16.6 Å². The molecule has 1 saturated heterocycles. The van der Waals surface area contributed by atoms with Gasteiger partial charge in [-0.3, -0.25) is 4.68 Å². The van der Waals surface area contributed by atoms with Crippen molar-refractivity contribution in [3.05, 3.63) is 30.4 Å². The molecule has 26 heavy (non-hydrogen) atoms. The molecule has 9 heteroatoms. The largest absolute Gasteiger partial charge is 0.281 e. The van der Waals surface area contributed by atoms with Crippen LogP contribution < -0.4 is 0 Å². The minimum Gasteiger partial charge on any atom is -0.261 e. The van der Waals surface area contributed by atoms with Crippen molar-refractivity contribution in [3.63, 3.8) is 0 Å². The number of aromatic nitrogens is 4. The molecule has 0 aromatic carbocycles. The molecule has 1 fully saturated rings. The molecular weight excluding hydrogens is 352 g/mol. The maximum absolute atomic E-state index is 12.3. The fourth-order valence-corrected chi connectivity index (χ4v) is 4.48. The van der Waals surface area contributed by atoms with Crippen LogP contribution in [0, 0.1) is 5.92 Å². The zero-order chi connectivity index (χ0) is 18.9. The molecule has 8 nitrogen and oxygen atoms in total. The first-order chi connectivity index (χ1) is 12.3. The summed E-state index contributed by atoms with van der Waals surface area (Å²) in [7, 11) is -0.205. The molecule has 0 radical (unpaired) electrons. The molecule has 3 heterocycles. The second-order valence-corrected chi connectivity index (χ2v) is 9.30. The summed E-state index contributed by atoms with van der Waals surface area (Å²) in [6.07, 6.45) is 4.94. The van der Waals surface area contributed by atoms with E-state index in [0.29, 0.717) is 13.1 Å². The molecular formula is C17H26N6O2S. The first-order valence-electron chi connectivity index (χ1n) is 8.81. The molecule has 0 N–H and O–H groups in total. The minimum atomic E-state index is -3.34. The number of rotatable bonds is 6. The Morgan fingerprint density at radius 3 is 2.77 bits per heavy atom. The summed E-state index contributed by atoms with van der Waals surface area (Å²) in [5, 5.41) is 4.36. The third-order valence-electron chi connectivity index (χ3n) is 4.68. The van der Waals surface area contributed by atoms with E-state index < -0.39 is 10.2 Å². The van der Waals surface area contributed by atoms with Crippen LogP contribution in [0.4, 0.5) is 0 Å². The molecule has 0 spiro atoms. The lowest BCUT2D eigenvalue weighted by Crippen LogP contribution is -2.38. The summed E-state index contributed by atoms with van der Waals surface area (Å²) in [6, 6.07) is 4.18. The molecule has 3 rings (SSSR count). The highest BCUT2D eigenvalue weighted by Crippen LogP contribution is 2.25. The summed E-state index contributed by atoms with van der Waals surface area (Å²) in [5.74, 6) is 0.266. The van der Waals surface area contributed by atoms with E-state index in [1.165, 1.54) is 4.31 Å². The standard InChI is InChI=1S/C17H26N6O2S/c1-13(2)23-17(5-7-20-23)16-10-15(18-12-19-16)9-14-6-8-22(11-14)26(24,25)21(3)4/h5,7,10,12-14H,6,8-9,11H2,1-4H3. The Bertz CT molecular complexity index is 862. The minimum absolute atomic E-state index is 0.248. The first-order valence-corrected chi connectivity index (χ1v) is 10.2. The molecule has 0 saturated carbocycles. The van der Waals surface area contributed by atoms with Gasteiger partial charge >= 0.3 is 0 Å². The third-order valence-corrected chi connectivity index (χ3v) is 6.59. The second-order valence-electron chi connectivity index (χ2n) is 7.16. The van der Waals surface area contributed by atoms with Crippen molar-refractivity contribution in [3.8, 4) is 11.4 Å². The number of hydrogen-bond acceptors (Lipinski definition) is 5. The van der Waals surface area contributed by atoms with Gasteiger partial charge in [0.05, 0.1) is 11.4 Å². The van der Waals surface area contributed by atoms with Crippen molar-refractivity contribution in [2.45, 2.75) is 32.7 Å². The summed E-state index contributed by atoms with van der Waals surface area (Å²) >= 11 is 0. The van der Waals surface area contributed by atoms with E-state index >= 15 is 0 Å². The summed E-state index contributed by atoms with van der Waals surface area (Å²) in [5.41, 5.74) is 2.74. The van der Waals surface area contributed by atoms with Crippen molar-refractivity contribution < 1.29 is 8.42 Å². The Hall–Kier alpha value is -1.84. The van der Waals surface area contributed by atoms with Gasteiger partial charge in [-0.2, -0.15) is 22.1 Å². The molecule has 0 bridgehead atoms. The van der Waals surface area contributed by atoms with Crippen LogP contribution in [0.1, 0.15) is 32.0 Å². The maximum atomic E-state index is 12.3. The van der Waals surface area contributed by atoms with Gasteiger partial charge < -0.3 is 0 Å². The van der Waals surface area contributed by atoms with Gasteiger partial charge in [0.2, 0.25) is 0 Å². The fourth-order valence-electron chi connectivity index (χ4n) is 3.28. The molecule has 2 aromatic heterocycles. The molecule has 1 atom stereocenters. The average molecular weight is 379 g/mol. The van der Waals surface area contributed by atoms with E-state index in [1.54, 1.807) is 30.9 Å². The van der Waals surface area contributed by atoms with E-state index in [9.17, 15) is 8.42 Å². The Labute approximate surface area is 155 Å². The topological polar surface area (TPSA) is 84.2 Å². The number of hydrogen-bond donors (Lipinski definition) is 0. The highest BCUT2D eigenvalue weighted by molar-refractivity contribution is 7.86. The van der Waals surface area contributed by atoms with Crippen molar-refractivity contribution >= 4 is 10.2 Å². The molecule has 1 aliphatic heterocycles. The SMILES string of the molecule is CC(C)n1nccc1-c1cc(CC2CCN(S(=O)(=O)N(C)C)C2)ncn1. The maximum Gasteiger partial charge on any atom is 0.281 e. The van der Waals surface area contributed by atoms with E-state index in [2.05, 4.69) is 28.9 Å². The van der Waals surface area contributed by atoms with Gasteiger partial charge in [0.1, 0.15) is 6.33 Å². The van der Waals surface area contributed by atoms with Crippen LogP contribution in [0.2, 0.25) is 0 Å². The molecule has 142 valence electrons. The fraction of sp³-hybridized carbons (Fsp3) is 0.588. The van der Waals surface area contributed by atoms with Crippen molar-refractivity contribution in [1.29, 1.82) is 0 Å². The molecule has 1 aliphatic rings. The quantitative estimate of drug-likeness (QED) is 0.762. The highest BCUT2D eigenvalue weighted by Gasteiger charge is 2.32. The monoisotopic (exact) mass is 378 g/mol. The molecule has 2 aromatic rings. The van der Waals surface area contributed by atoms with Crippen LogP contribution >= 0.6 is 0 Å². The van der Waals surface area contributed by atoms with E-state index in [-0.39, 0.29) is 12.0 Å². The van der Waals surface area contributed by atoms with E-state index in [4.69, 9.17) is 0 Å². The summed E-state index contributed by atoms with van der Waals surface area (Å²) in [6.45, 7) is 5.25. The first kappa shape index (κ1) is 18.9. The Balaban J connectivity index is 1.73. The predicted molar refractivity (Wildman–Crippen MR) is 99.6 cm³/mol. The number of nitrogens with zero attached hydrogens (tertiary/aromatic N) is 6. The van der Waals surface area contributed by atoms with Crippen LogP contribution in [0.5, 0.6) is 0 Å². The lowest BCUT2D eigenvalue weighted by molar-refractivity contribution is 0.409. The molecule has 1 unspecified atom stereocenters. The molecule has 0 aliphatic carbocycles. The third kappa shape index (κ3) is 3.79. The van der Waals surface area contributed by atoms with Gasteiger partial charge in [-0.15, -0.1) is 0 Å². The van der Waals surface area contributed by atoms with Gasteiger partial charge in [-0.05, 0) is 44.7 Å². The zero-order valence-electron chi connectivity index (χ0n) is 15.7. The summed E-state index contributed by atoms with van der Waals surface area (Å²) in [4.78, 5) is 8.78. The van der Waals surface area contributed by atoms with Crippen LogP contribution in [-0.4, -0.2) is 64.0 Å². The molecule has 0 amide bonds. The Kier molecular flexibility index (Phi) is 5.40. The van der Waals surface area contributed by atoms with Crippen LogP contribution in [0.25, 0.3) is 11.4 Å². The van der Waals surface area contributed by atoms with Crippen molar-refractivity contribution in [2.24, 2.45) is 5.92 Å². The summed E-state index contributed by atoms with van der Waals surface area (Å²) < 4.78 is 29.3. The second kappa shape index (κ2) is 7.42. The lowest BCUT2D eigenvalue weighted by atomic mass is 10.0. The normalized spacial score (nSPS) is 18.9. The average Bonchev–Trinajstić information content (AvgIpc) is 3.24. The van der Waals surface area contributed by atoms with Gasteiger partial charge in [-0.1, -0.05) is 0 Å². The smallest absolute Gasteiger partial charge is 0.261 e. The van der Waals surface area contributed by atoms with Gasteiger partial charge in [0.15, 0.2) is 0 Å².